The summed E-state index contributed by atoms with van der Waals surface area (Å²) in [6.07, 6.45) is 7.20. The number of rotatable bonds is 8. The Morgan fingerprint density at radius 1 is 1.26 bits per heavy atom. The molecule has 0 atom stereocenters. The fourth-order valence-electron chi connectivity index (χ4n) is 3.73. The van der Waals surface area contributed by atoms with Gasteiger partial charge in [0.15, 0.2) is 0 Å². The van der Waals surface area contributed by atoms with Gasteiger partial charge in [0.25, 0.3) is 5.91 Å². The molecular formula is C27H33ClN4O3. The number of benzene rings is 1. The maximum Gasteiger partial charge on any atom is 0.255 e. The summed E-state index contributed by atoms with van der Waals surface area (Å²) in [6, 6.07) is 5.50. The molecule has 1 N–H and O–H groups in total. The molecule has 0 unspecified atom stereocenters. The first-order chi connectivity index (χ1) is 16.5. The van der Waals surface area contributed by atoms with Gasteiger partial charge in [-0.3, -0.25) is 14.4 Å². The highest BCUT2D eigenvalue weighted by atomic mass is 35.5. The van der Waals surface area contributed by atoms with Crippen molar-refractivity contribution in [2.45, 2.75) is 40.0 Å². The predicted octanol–water partition coefficient (Wildman–Crippen LogP) is 4.73. The zero-order valence-electron chi connectivity index (χ0n) is 21.0. The summed E-state index contributed by atoms with van der Waals surface area (Å²) < 4.78 is 0. The number of likely N-dealkylation sites (tertiary alicyclic amines) is 1. The average molecular weight is 497 g/mol. The summed E-state index contributed by atoms with van der Waals surface area (Å²) in [5, 5.41) is 12.6. The number of halogens is 1. The first-order valence-electron chi connectivity index (χ1n) is 11.6. The lowest BCUT2D eigenvalue weighted by molar-refractivity contribution is -0.132. The SMILES string of the molecule is Cc1c(C=C2CCN(C(=O)CC(C)C)CC2)cc(Cl)cc1NC(=O)C(/C=C(/C#N)N(C)C)=C/C=O. The van der Waals surface area contributed by atoms with Crippen LogP contribution in [-0.2, 0) is 14.4 Å². The minimum Gasteiger partial charge on any atom is -0.369 e. The molecule has 1 aliphatic rings. The van der Waals surface area contributed by atoms with E-state index in [-0.39, 0.29) is 17.2 Å². The van der Waals surface area contributed by atoms with Gasteiger partial charge in [0.05, 0.1) is 0 Å². The third kappa shape index (κ3) is 8.11. The largest absolute Gasteiger partial charge is 0.369 e. The number of aldehydes is 1. The number of hydrogen-bond donors (Lipinski definition) is 1. The lowest BCUT2D eigenvalue weighted by Crippen LogP contribution is -2.36. The van der Waals surface area contributed by atoms with Gasteiger partial charge in [-0.2, -0.15) is 5.26 Å². The number of hydrogen-bond acceptors (Lipinski definition) is 5. The van der Waals surface area contributed by atoms with Crippen LogP contribution in [0.5, 0.6) is 0 Å². The quantitative estimate of drug-likeness (QED) is 0.243. The van der Waals surface area contributed by atoms with Crippen molar-refractivity contribution in [1.29, 1.82) is 5.26 Å². The minimum absolute atomic E-state index is 0.0583. The highest BCUT2D eigenvalue weighted by molar-refractivity contribution is 6.31. The number of carbonyl (C=O) groups is 3. The molecule has 0 radical (unpaired) electrons. The minimum atomic E-state index is -0.521. The van der Waals surface area contributed by atoms with E-state index in [0.29, 0.717) is 42.4 Å². The van der Waals surface area contributed by atoms with Gasteiger partial charge in [0.2, 0.25) is 5.91 Å². The van der Waals surface area contributed by atoms with Gasteiger partial charge in [0.1, 0.15) is 18.1 Å². The van der Waals surface area contributed by atoms with E-state index in [0.717, 1.165) is 30.0 Å². The number of anilines is 1. The van der Waals surface area contributed by atoms with Crippen LogP contribution in [0.3, 0.4) is 0 Å². The zero-order chi connectivity index (χ0) is 26.1. The van der Waals surface area contributed by atoms with E-state index in [9.17, 15) is 19.6 Å². The topological polar surface area (TPSA) is 93.5 Å². The number of allylic oxidation sites excluding steroid dienone is 2. The molecule has 0 aromatic heterocycles. The Hall–Kier alpha value is -3.37. The van der Waals surface area contributed by atoms with Crippen molar-refractivity contribution in [2.75, 3.05) is 32.5 Å². The van der Waals surface area contributed by atoms with Gasteiger partial charge in [-0.05, 0) is 61.1 Å². The fraction of sp³-hybridized carbons (Fsp3) is 0.407. The van der Waals surface area contributed by atoms with E-state index in [1.807, 2.05) is 37.8 Å². The normalized spacial score (nSPS) is 14.5. The zero-order valence-corrected chi connectivity index (χ0v) is 21.8. The van der Waals surface area contributed by atoms with Crippen LogP contribution < -0.4 is 5.32 Å². The molecule has 186 valence electrons. The Bertz CT molecular complexity index is 1100. The second-order valence-corrected chi connectivity index (χ2v) is 9.63. The van der Waals surface area contributed by atoms with Crippen molar-refractivity contribution in [3.63, 3.8) is 0 Å². The smallest absolute Gasteiger partial charge is 0.255 e. The first kappa shape index (κ1) is 27.9. The van der Waals surface area contributed by atoms with E-state index in [4.69, 9.17) is 11.6 Å². The molecule has 1 aliphatic heterocycles. The molecule has 7 nitrogen and oxygen atoms in total. The maximum absolute atomic E-state index is 12.9. The molecule has 2 amide bonds. The van der Waals surface area contributed by atoms with E-state index in [1.165, 1.54) is 11.6 Å². The molecular weight excluding hydrogens is 464 g/mol. The lowest BCUT2D eigenvalue weighted by atomic mass is 9.97. The van der Waals surface area contributed by atoms with E-state index in [2.05, 4.69) is 11.4 Å². The molecule has 1 heterocycles. The molecule has 8 heteroatoms. The molecule has 35 heavy (non-hydrogen) atoms. The molecule has 1 aromatic rings. The van der Waals surface area contributed by atoms with Crippen LogP contribution in [0.1, 0.15) is 44.2 Å². The standard InChI is InChI=1S/C27H33ClN4O3/c1-18(2)12-26(34)32-9-6-20(7-10-32)13-22-14-23(28)16-25(19(22)3)30-27(35)21(8-11-33)15-24(17-29)31(4)5/h8,11,13-16,18H,6-7,9-10,12H2,1-5H3,(H,30,35)/b21-8+,24-15-. The molecule has 1 saturated heterocycles. The van der Waals surface area contributed by atoms with Crippen molar-refractivity contribution in [3.8, 4) is 6.07 Å². The number of amides is 2. The van der Waals surface area contributed by atoms with Gasteiger partial charge < -0.3 is 15.1 Å². The van der Waals surface area contributed by atoms with Gasteiger partial charge >= 0.3 is 0 Å². The Balaban J connectivity index is 2.24. The number of nitrogens with one attached hydrogen (secondary N) is 1. The summed E-state index contributed by atoms with van der Waals surface area (Å²) in [5.41, 5.74) is 3.74. The maximum atomic E-state index is 12.9. The van der Waals surface area contributed by atoms with Gasteiger partial charge in [-0.15, -0.1) is 0 Å². The summed E-state index contributed by atoms with van der Waals surface area (Å²) in [5.74, 6) is 0.0200. The predicted molar refractivity (Wildman–Crippen MR) is 140 cm³/mol. The van der Waals surface area contributed by atoms with Crippen molar-refractivity contribution in [3.05, 3.63) is 57.3 Å². The second kappa shape index (κ2) is 12.9. The number of carbonyl (C=O) groups excluding carboxylic acids is 3. The van der Waals surface area contributed by atoms with Crippen molar-refractivity contribution in [2.24, 2.45) is 5.92 Å². The van der Waals surface area contributed by atoms with Crippen LogP contribution in [0.25, 0.3) is 6.08 Å². The molecule has 1 aromatic carbocycles. The van der Waals surface area contributed by atoms with Crippen LogP contribution in [0.4, 0.5) is 5.69 Å². The number of nitriles is 1. The van der Waals surface area contributed by atoms with Crippen LogP contribution in [0.2, 0.25) is 5.02 Å². The second-order valence-electron chi connectivity index (χ2n) is 9.20. The summed E-state index contributed by atoms with van der Waals surface area (Å²) in [4.78, 5) is 39.8. The Morgan fingerprint density at radius 2 is 1.91 bits per heavy atom. The summed E-state index contributed by atoms with van der Waals surface area (Å²) in [6.45, 7) is 7.37. The lowest BCUT2D eigenvalue weighted by Gasteiger charge is -2.29. The highest BCUT2D eigenvalue weighted by Gasteiger charge is 2.20. The fourth-order valence-corrected chi connectivity index (χ4v) is 3.96. The highest BCUT2D eigenvalue weighted by Crippen LogP contribution is 2.29. The first-order valence-corrected chi connectivity index (χ1v) is 12.0. The molecule has 0 bridgehead atoms. The molecule has 1 fully saturated rings. The molecule has 2 rings (SSSR count). The monoisotopic (exact) mass is 496 g/mol. The Kier molecular flexibility index (Phi) is 10.3. The Labute approximate surface area is 212 Å². The van der Waals surface area contributed by atoms with E-state index in [1.54, 1.807) is 25.1 Å². The van der Waals surface area contributed by atoms with Crippen LogP contribution in [-0.4, -0.2) is 55.1 Å². The van der Waals surface area contributed by atoms with E-state index >= 15 is 0 Å². The number of piperidine rings is 1. The van der Waals surface area contributed by atoms with Gasteiger partial charge in [-0.1, -0.05) is 37.1 Å². The van der Waals surface area contributed by atoms with E-state index < -0.39 is 5.91 Å². The van der Waals surface area contributed by atoms with Crippen molar-refractivity contribution in [1.82, 2.24) is 9.80 Å². The van der Waals surface area contributed by atoms with Crippen LogP contribution >= 0.6 is 11.6 Å². The van der Waals surface area contributed by atoms with Gasteiger partial charge in [-0.25, -0.2) is 0 Å². The van der Waals surface area contributed by atoms with Crippen LogP contribution in [0, 0.1) is 24.2 Å². The number of nitrogens with zero attached hydrogens (tertiary/aromatic N) is 3. The molecule has 0 saturated carbocycles. The average Bonchev–Trinajstić information content (AvgIpc) is 2.79. The molecule has 0 aliphatic carbocycles. The Morgan fingerprint density at radius 3 is 2.46 bits per heavy atom. The van der Waals surface area contributed by atoms with Crippen LogP contribution in [0.15, 0.2) is 41.1 Å². The van der Waals surface area contributed by atoms with Crippen molar-refractivity contribution >= 4 is 41.5 Å². The van der Waals surface area contributed by atoms with Crippen molar-refractivity contribution < 1.29 is 14.4 Å². The molecule has 0 spiro atoms. The third-order valence-electron chi connectivity index (χ3n) is 5.76. The third-order valence-corrected chi connectivity index (χ3v) is 5.98. The summed E-state index contributed by atoms with van der Waals surface area (Å²) in [7, 11) is 3.36. The van der Waals surface area contributed by atoms with Gasteiger partial charge in [0, 0.05) is 49.9 Å². The summed E-state index contributed by atoms with van der Waals surface area (Å²) >= 11 is 6.36.